The van der Waals surface area contributed by atoms with E-state index >= 15 is 0 Å². The number of benzene rings is 1. The van der Waals surface area contributed by atoms with E-state index in [2.05, 4.69) is 10.4 Å². The molecule has 0 unspecified atom stereocenters. The van der Waals surface area contributed by atoms with Crippen LogP contribution in [0.1, 0.15) is 51.3 Å². The van der Waals surface area contributed by atoms with Crippen LogP contribution in [-0.2, 0) is 4.74 Å². The van der Waals surface area contributed by atoms with Crippen molar-refractivity contribution in [2.75, 3.05) is 26.7 Å². The molecule has 2 amide bonds. The molecule has 9 heteroatoms. The van der Waals surface area contributed by atoms with Crippen molar-refractivity contribution in [1.82, 2.24) is 19.8 Å². The van der Waals surface area contributed by atoms with Gasteiger partial charge in [0.25, 0.3) is 11.8 Å². The first-order valence-corrected chi connectivity index (χ1v) is 12.8. The van der Waals surface area contributed by atoms with Gasteiger partial charge >= 0.3 is 0 Å². The van der Waals surface area contributed by atoms with Crippen molar-refractivity contribution < 1.29 is 23.5 Å². The monoisotopic (exact) mass is 502 g/mol. The summed E-state index contributed by atoms with van der Waals surface area (Å²) in [4.78, 5) is 27.8. The minimum Gasteiger partial charge on any atom is -0.460 e. The molecule has 6 rings (SSSR count). The van der Waals surface area contributed by atoms with Crippen LogP contribution in [0.2, 0.25) is 0 Å². The maximum Gasteiger partial charge on any atom is 0.255 e. The van der Waals surface area contributed by atoms with Gasteiger partial charge in [0.1, 0.15) is 22.6 Å². The number of aromatic nitrogens is 2. The summed E-state index contributed by atoms with van der Waals surface area (Å²) < 4.78 is 19.7. The molecule has 2 aliphatic rings. The van der Waals surface area contributed by atoms with E-state index in [-0.39, 0.29) is 17.9 Å². The highest BCUT2D eigenvalue weighted by Crippen LogP contribution is 2.35. The van der Waals surface area contributed by atoms with Gasteiger partial charge in [-0.25, -0.2) is 4.52 Å². The van der Waals surface area contributed by atoms with E-state index in [0.29, 0.717) is 46.4 Å². The Balaban J connectivity index is 1.29. The number of nitrogens with zero attached hydrogens (tertiary/aromatic N) is 3. The fourth-order valence-electron chi connectivity index (χ4n) is 5.76. The van der Waals surface area contributed by atoms with Crippen LogP contribution >= 0.6 is 0 Å². The Hall–Kier alpha value is -3.85. The van der Waals surface area contributed by atoms with Gasteiger partial charge in [0.15, 0.2) is 5.75 Å². The number of rotatable bonds is 4. The van der Waals surface area contributed by atoms with E-state index in [9.17, 15) is 9.59 Å². The zero-order valence-electron chi connectivity index (χ0n) is 21.2. The number of piperidine rings is 1. The second kappa shape index (κ2) is 9.23. The lowest BCUT2D eigenvalue weighted by Gasteiger charge is -2.41. The molecule has 0 bridgehead atoms. The molecule has 0 radical (unpaired) electrons. The van der Waals surface area contributed by atoms with E-state index in [1.807, 2.05) is 17.9 Å². The van der Waals surface area contributed by atoms with Crippen molar-refractivity contribution in [2.45, 2.75) is 39.2 Å². The van der Waals surface area contributed by atoms with E-state index in [1.54, 1.807) is 49.1 Å². The van der Waals surface area contributed by atoms with Crippen LogP contribution in [0.15, 0.2) is 41.1 Å². The van der Waals surface area contributed by atoms with Gasteiger partial charge in [-0.15, -0.1) is 0 Å². The number of nitrogens with one attached hydrogen (secondary N) is 1. The number of amides is 2. The molecule has 1 aromatic carbocycles. The lowest BCUT2D eigenvalue weighted by atomic mass is 9.88. The van der Waals surface area contributed by atoms with Gasteiger partial charge < -0.3 is 24.1 Å². The predicted molar refractivity (Wildman–Crippen MR) is 137 cm³/mol. The molecule has 192 valence electrons. The Morgan fingerprint density at radius 1 is 1.19 bits per heavy atom. The Labute approximate surface area is 214 Å². The maximum absolute atomic E-state index is 13.6. The summed E-state index contributed by atoms with van der Waals surface area (Å²) in [6, 6.07) is 7.19. The van der Waals surface area contributed by atoms with Gasteiger partial charge in [0.2, 0.25) is 0 Å². The van der Waals surface area contributed by atoms with Gasteiger partial charge in [-0.1, -0.05) is 0 Å². The number of carbonyl (C=O) groups is 2. The number of ether oxygens (including phenoxy) is 2. The van der Waals surface area contributed by atoms with Gasteiger partial charge in [-0.3, -0.25) is 9.59 Å². The molecule has 0 saturated carbocycles. The SMILES string of the molecule is CNC(=O)c1c(C)oc2cc(Oc3ccnn4cc(C(=O)N5CC[C@@H]6OCCC[C@H]6C5)c(C)c34)ccc12. The molecule has 5 heterocycles. The number of likely N-dealkylation sites (tertiary alicyclic amines) is 1. The molecule has 0 aliphatic carbocycles. The number of fused-ring (bicyclic) bond motifs is 3. The molecule has 2 fully saturated rings. The van der Waals surface area contributed by atoms with Crippen molar-refractivity contribution >= 4 is 28.3 Å². The van der Waals surface area contributed by atoms with Crippen molar-refractivity contribution in [1.29, 1.82) is 0 Å². The summed E-state index contributed by atoms with van der Waals surface area (Å²) in [5.74, 6) is 1.93. The number of aryl methyl sites for hydroxylation is 2. The summed E-state index contributed by atoms with van der Waals surface area (Å²) >= 11 is 0. The Morgan fingerprint density at radius 3 is 2.89 bits per heavy atom. The fourth-order valence-corrected chi connectivity index (χ4v) is 5.76. The van der Waals surface area contributed by atoms with Gasteiger partial charge in [0, 0.05) is 56.4 Å². The highest BCUT2D eigenvalue weighted by Gasteiger charge is 2.35. The molecule has 4 aromatic rings. The predicted octanol–water partition coefficient (Wildman–Crippen LogP) is 4.49. The number of furan rings is 1. The third-order valence-corrected chi connectivity index (χ3v) is 7.64. The highest BCUT2D eigenvalue weighted by atomic mass is 16.5. The second-order valence-electron chi connectivity index (χ2n) is 9.88. The summed E-state index contributed by atoms with van der Waals surface area (Å²) in [6.45, 7) is 5.96. The first kappa shape index (κ1) is 23.5. The van der Waals surface area contributed by atoms with Crippen molar-refractivity contribution in [2.24, 2.45) is 5.92 Å². The zero-order valence-corrected chi connectivity index (χ0v) is 21.2. The minimum atomic E-state index is -0.193. The third kappa shape index (κ3) is 4.03. The molecule has 2 saturated heterocycles. The Morgan fingerprint density at radius 2 is 2.05 bits per heavy atom. The topological polar surface area (TPSA) is 98.3 Å². The van der Waals surface area contributed by atoms with Crippen LogP contribution in [0.5, 0.6) is 11.5 Å². The molecule has 37 heavy (non-hydrogen) atoms. The molecule has 9 nitrogen and oxygen atoms in total. The van der Waals surface area contributed by atoms with Gasteiger partial charge in [-0.05, 0) is 50.8 Å². The van der Waals surface area contributed by atoms with Crippen LogP contribution in [0, 0.1) is 19.8 Å². The average molecular weight is 503 g/mol. The quantitative estimate of drug-likeness (QED) is 0.442. The molecule has 2 atom stereocenters. The molecule has 2 aliphatic heterocycles. The van der Waals surface area contributed by atoms with E-state index in [4.69, 9.17) is 13.9 Å². The first-order valence-electron chi connectivity index (χ1n) is 12.8. The summed E-state index contributed by atoms with van der Waals surface area (Å²) in [7, 11) is 1.60. The Kier molecular flexibility index (Phi) is 5.87. The van der Waals surface area contributed by atoms with Gasteiger partial charge in [-0.2, -0.15) is 5.10 Å². The number of hydrogen-bond acceptors (Lipinski definition) is 6. The van der Waals surface area contributed by atoms with Crippen molar-refractivity contribution in [3.63, 3.8) is 0 Å². The van der Waals surface area contributed by atoms with Crippen molar-refractivity contribution in [3.05, 3.63) is 59.1 Å². The average Bonchev–Trinajstić information content (AvgIpc) is 3.43. The van der Waals surface area contributed by atoms with Crippen LogP contribution in [0.25, 0.3) is 16.5 Å². The van der Waals surface area contributed by atoms with E-state index in [0.717, 1.165) is 48.9 Å². The highest BCUT2D eigenvalue weighted by molar-refractivity contribution is 6.07. The fraction of sp³-hybridized carbons (Fsp3) is 0.393. The van der Waals surface area contributed by atoms with E-state index < -0.39 is 0 Å². The van der Waals surface area contributed by atoms with Gasteiger partial charge in [0.05, 0.1) is 23.4 Å². The maximum atomic E-state index is 13.6. The van der Waals surface area contributed by atoms with Crippen molar-refractivity contribution in [3.8, 4) is 11.5 Å². The smallest absolute Gasteiger partial charge is 0.255 e. The number of carbonyl (C=O) groups excluding carboxylic acids is 2. The van der Waals surface area contributed by atoms with Crippen LogP contribution in [-0.4, -0.2) is 59.2 Å². The molecular formula is C28H30N4O5. The normalized spacial score (nSPS) is 19.7. The molecule has 3 aromatic heterocycles. The Bertz CT molecular complexity index is 1520. The summed E-state index contributed by atoms with van der Waals surface area (Å²) in [5.41, 5.74) is 3.28. The lowest BCUT2D eigenvalue weighted by Crippen LogP contribution is -2.48. The van der Waals surface area contributed by atoms with Crippen LogP contribution in [0.4, 0.5) is 0 Å². The minimum absolute atomic E-state index is 0.0205. The molecular weight excluding hydrogens is 472 g/mol. The number of hydrogen-bond donors (Lipinski definition) is 1. The molecule has 1 N–H and O–H groups in total. The van der Waals surface area contributed by atoms with Crippen LogP contribution in [0.3, 0.4) is 0 Å². The second-order valence-corrected chi connectivity index (χ2v) is 9.88. The summed E-state index contributed by atoms with van der Waals surface area (Å²) in [5, 5.41) is 7.81. The largest absolute Gasteiger partial charge is 0.460 e. The zero-order chi connectivity index (χ0) is 25.7. The third-order valence-electron chi connectivity index (χ3n) is 7.64. The first-order chi connectivity index (χ1) is 17.9. The lowest BCUT2D eigenvalue weighted by molar-refractivity contribution is -0.0607. The summed E-state index contributed by atoms with van der Waals surface area (Å²) in [6.07, 6.45) is 6.76. The van der Waals surface area contributed by atoms with Crippen LogP contribution < -0.4 is 10.1 Å². The molecule has 0 spiro atoms. The standard InChI is InChI=1S/C28H30N4O5/c1-16-21(28(34)31-11-9-22-18(14-31)5-4-12-35-22)15-32-26(16)23(8-10-30-32)37-19-6-7-20-24(13-19)36-17(2)25(20)27(33)29-3/h6-8,10,13,15,18,22H,4-5,9,11-12,14H2,1-3H3,(H,29,33)/t18-,22-/m0/s1. The van der Waals surface area contributed by atoms with E-state index in [1.165, 1.54) is 0 Å².